The lowest BCUT2D eigenvalue weighted by Gasteiger charge is -2.35. The van der Waals surface area contributed by atoms with Gasteiger partial charge >= 0.3 is 0 Å². The Kier molecular flexibility index (Phi) is 5.52. The second-order valence-corrected chi connectivity index (χ2v) is 7.47. The quantitative estimate of drug-likeness (QED) is 0.785. The molecule has 148 valence electrons. The Labute approximate surface area is 169 Å². The second kappa shape index (κ2) is 8.22. The Morgan fingerprint density at radius 1 is 1.04 bits per heavy atom. The number of ether oxygens (including phenoxy) is 1. The minimum atomic E-state index is -0.0561. The van der Waals surface area contributed by atoms with Crippen molar-refractivity contribution in [2.75, 3.05) is 56.2 Å². The summed E-state index contributed by atoms with van der Waals surface area (Å²) < 4.78 is 5.33. The number of aromatic nitrogens is 2. The number of nitrogens with zero attached hydrogens (tertiary/aromatic N) is 5. The molecule has 0 saturated carbocycles. The van der Waals surface area contributed by atoms with Crippen LogP contribution in [0.15, 0.2) is 30.5 Å². The van der Waals surface area contributed by atoms with E-state index in [4.69, 9.17) is 21.3 Å². The lowest BCUT2D eigenvalue weighted by molar-refractivity contribution is 0.0743. The molecule has 0 aliphatic carbocycles. The Bertz CT molecular complexity index is 848. The number of methoxy groups -OCH3 is 1. The summed E-state index contributed by atoms with van der Waals surface area (Å²) in [6.45, 7) is 4.74. The van der Waals surface area contributed by atoms with Crippen LogP contribution in [-0.2, 0) is 0 Å². The van der Waals surface area contributed by atoms with E-state index in [1.165, 1.54) is 12.8 Å². The number of piperazine rings is 1. The number of amides is 1. The average Bonchev–Trinajstić information content (AvgIpc) is 3.28. The molecule has 0 N–H and O–H groups in total. The highest BCUT2D eigenvalue weighted by molar-refractivity contribution is 6.31. The van der Waals surface area contributed by atoms with Gasteiger partial charge in [0.15, 0.2) is 0 Å². The normalized spacial score (nSPS) is 17.1. The Morgan fingerprint density at radius 3 is 2.50 bits per heavy atom. The van der Waals surface area contributed by atoms with Crippen LogP contribution in [0.1, 0.15) is 23.2 Å². The van der Waals surface area contributed by atoms with E-state index in [1.54, 1.807) is 25.3 Å². The molecule has 1 aromatic carbocycles. The minimum Gasteiger partial charge on any atom is -0.496 e. The van der Waals surface area contributed by atoms with Gasteiger partial charge in [0.2, 0.25) is 5.95 Å². The van der Waals surface area contributed by atoms with E-state index in [0.717, 1.165) is 37.9 Å². The molecule has 0 atom stereocenters. The number of hydrogen-bond acceptors (Lipinski definition) is 6. The van der Waals surface area contributed by atoms with E-state index >= 15 is 0 Å². The summed E-state index contributed by atoms with van der Waals surface area (Å²) in [7, 11) is 1.56. The zero-order valence-corrected chi connectivity index (χ0v) is 16.7. The first-order valence-electron chi connectivity index (χ1n) is 9.61. The van der Waals surface area contributed by atoms with Crippen LogP contribution in [0.5, 0.6) is 5.75 Å². The number of rotatable bonds is 4. The van der Waals surface area contributed by atoms with Crippen molar-refractivity contribution in [2.45, 2.75) is 12.8 Å². The highest BCUT2D eigenvalue weighted by Gasteiger charge is 2.26. The second-order valence-electron chi connectivity index (χ2n) is 7.03. The number of anilines is 2. The maximum atomic E-state index is 12.9. The van der Waals surface area contributed by atoms with Gasteiger partial charge in [-0.1, -0.05) is 11.6 Å². The molecule has 2 aliphatic heterocycles. The first-order chi connectivity index (χ1) is 13.7. The van der Waals surface area contributed by atoms with E-state index < -0.39 is 0 Å². The summed E-state index contributed by atoms with van der Waals surface area (Å²) in [6, 6.07) is 7.06. The molecule has 7 nitrogen and oxygen atoms in total. The van der Waals surface area contributed by atoms with Gasteiger partial charge in [-0.25, -0.2) is 4.98 Å². The molecule has 2 aromatic rings. The highest BCUT2D eigenvalue weighted by atomic mass is 35.5. The van der Waals surface area contributed by atoms with Crippen molar-refractivity contribution in [1.29, 1.82) is 0 Å². The maximum absolute atomic E-state index is 12.9. The van der Waals surface area contributed by atoms with Crippen molar-refractivity contribution in [3.63, 3.8) is 0 Å². The average molecular weight is 402 g/mol. The molecule has 2 saturated heterocycles. The standard InChI is InChI=1S/C20H24ClN5O2/c1-28-17-5-4-15(21)14-16(17)19(27)25-12-10-24(11-13-25)18-6-7-22-20(23-18)26-8-2-3-9-26/h4-7,14H,2-3,8-13H2,1H3. The Morgan fingerprint density at radius 2 is 1.79 bits per heavy atom. The molecule has 0 unspecified atom stereocenters. The van der Waals surface area contributed by atoms with Gasteiger partial charge in [-0.3, -0.25) is 4.79 Å². The van der Waals surface area contributed by atoms with Gasteiger partial charge in [0.1, 0.15) is 11.6 Å². The van der Waals surface area contributed by atoms with Crippen LogP contribution in [0.3, 0.4) is 0 Å². The molecule has 4 rings (SSSR count). The van der Waals surface area contributed by atoms with E-state index in [0.29, 0.717) is 29.4 Å². The van der Waals surface area contributed by atoms with Crippen LogP contribution in [0, 0.1) is 0 Å². The van der Waals surface area contributed by atoms with E-state index in [9.17, 15) is 4.79 Å². The summed E-state index contributed by atoms with van der Waals surface area (Å²) in [6.07, 6.45) is 4.22. The molecule has 1 amide bonds. The molecular formula is C20H24ClN5O2. The molecule has 2 fully saturated rings. The Balaban J connectivity index is 1.43. The fourth-order valence-electron chi connectivity index (χ4n) is 3.74. The van der Waals surface area contributed by atoms with Gasteiger partial charge in [0.05, 0.1) is 12.7 Å². The summed E-state index contributed by atoms with van der Waals surface area (Å²) in [5.74, 6) is 2.21. The van der Waals surface area contributed by atoms with E-state index in [2.05, 4.69) is 14.8 Å². The molecule has 3 heterocycles. The van der Waals surface area contributed by atoms with Crippen molar-refractivity contribution in [3.8, 4) is 5.75 Å². The van der Waals surface area contributed by atoms with Crippen LogP contribution >= 0.6 is 11.6 Å². The largest absolute Gasteiger partial charge is 0.496 e. The first-order valence-corrected chi connectivity index (χ1v) is 9.99. The number of benzene rings is 1. The number of carbonyl (C=O) groups is 1. The zero-order valence-electron chi connectivity index (χ0n) is 16.0. The smallest absolute Gasteiger partial charge is 0.257 e. The van der Waals surface area contributed by atoms with Gasteiger partial charge in [-0.2, -0.15) is 4.98 Å². The van der Waals surface area contributed by atoms with E-state index in [-0.39, 0.29) is 5.91 Å². The predicted octanol–water partition coefficient (Wildman–Crippen LogP) is 2.70. The molecule has 2 aliphatic rings. The molecular weight excluding hydrogens is 378 g/mol. The first kappa shape index (κ1) is 18.8. The fourth-order valence-corrected chi connectivity index (χ4v) is 3.91. The van der Waals surface area contributed by atoms with Crippen LogP contribution in [0.2, 0.25) is 5.02 Å². The van der Waals surface area contributed by atoms with Crippen LogP contribution in [-0.4, -0.2) is 67.2 Å². The number of carbonyl (C=O) groups excluding carboxylic acids is 1. The summed E-state index contributed by atoms with van der Waals surface area (Å²) in [5.41, 5.74) is 0.502. The molecule has 0 bridgehead atoms. The fraction of sp³-hybridized carbons (Fsp3) is 0.450. The monoisotopic (exact) mass is 401 g/mol. The lowest BCUT2D eigenvalue weighted by atomic mass is 10.1. The van der Waals surface area contributed by atoms with Gasteiger partial charge in [-0.15, -0.1) is 0 Å². The molecule has 8 heteroatoms. The summed E-state index contributed by atoms with van der Waals surface area (Å²) in [4.78, 5) is 28.4. The maximum Gasteiger partial charge on any atom is 0.257 e. The molecule has 28 heavy (non-hydrogen) atoms. The predicted molar refractivity (Wildman–Crippen MR) is 110 cm³/mol. The van der Waals surface area contributed by atoms with Crippen LogP contribution in [0.4, 0.5) is 11.8 Å². The minimum absolute atomic E-state index is 0.0561. The zero-order chi connectivity index (χ0) is 19.5. The summed E-state index contributed by atoms with van der Waals surface area (Å²) in [5, 5.41) is 0.526. The number of hydrogen-bond donors (Lipinski definition) is 0. The highest BCUT2D eigenvalue weighted by Crippen LogP contribution is 2.25. The third-order valence-corrected chi connectivity index (χ3v) is 5.53. The van der Waals surface area contributed by atoms with Gasteiger partial charge in [-0.05, 0) is 37.1 Å². The van der Waals surface area contributed by atoms with Crippen molar-refractivity contribution in [2.24, 2.45) is 0 Å². The van der Waals surface area contributed by atoms with E-state index in [1.807, 2.05) is 17.2 Å². The van der Waals surface area contributed by atoms with Crippen molar-refractivity contribution < 1.29 is 9.53 Å². The Hall–Kier alpha value is -2.54. The van der Waals surface area contributed by atoms with Gasteiger partial charge < -0.3 is 19.4 Å². The number of halogens is 1. The van der Waals surface area contributed by atoms with Crippen LogP contribution < -0.4 is 14.5 Å². The topological polar surface area (TPSA) is 61.8 Å². The van der Waals surface area contributed by atoms with Crippen molar-refractivity contribution in [3.05, 3.63) is 41.0 Å². The van der Waals surface area contributed by atoms with Crippen molar-refractivity contribution >= 4 is 29.3 Å². The third kappa shape index (κ3) is 3.85. The SMILES string of the molecule is COc1ccc(Cl)cc1C(=O)N1CCN(c2ccnc(N3CCCC3)n2)CC1. The van der Waals surface area contributed by atoms with Gasteiger partial charge in [0, 0.05) is 50.5 Å². The molecule has 0 spiro atoms. The van der Waals surface area contributed by atoms with Gasteiger partial charge in [0.25, 0.3) is 5.91 Å². The van der Waals surface area contributed by atoms with Crippen LogP contribution in [0.25, 0.3) is 0 Å². The lowest BCUT2D eigenvalue weighted by Crippen LogP contribution is -2.49. The molecule has 0 radical (unpaired) electrons. The molecule has 1 aromatic heterocycles. The van der Waals surface area contributed by atoms with Crippen molar-refractivity contribution in [1.82, 2.24) is 14.9 Å². The third-order valence-electron chi connectivity index (χ3n) is 5.30. The summed E-state index contributed by atoms with van der Waals surface area (Å²) >= 11 is 6.08.